The zero-order chi connectivity index (χ0) is 15.0. The first-order valence-corrected chi connectivity index (χ1v) is 7.15. The number of hydrogen-bond donors (Lipinski definition) is 0. The van der Waals surface area contributed by atoms with Crippen LogP contribution in [0.25, 0.3) is 0 Å². The highest BCUT2D eigenvalue weighted by molar-refractivity contribution is 9.09. The molecule has 2 aromatic carbocycles. The van der Waals surface area contributed by atoms with E-state index in [2.05, 4.69) is 15.9 Å². The van der Waals surface area contributed by atoms with Crippen molar-refractivity contribution in [2.45, 2.75) is 18.7 Å². The molecule has 0 saturated heterocycles. The van der Waals surface area contributed by atoms with Crippen LogP contribution in [-0.2, 0) is 0 Å². The smallest absolute Gasteiger partial charge is 0.142 e. The van der Waals surface area contributed by atoms with Crippen LogP contribution in [0.2, 0.25) is 5.02 Å². The zero-order valence-corrected chi connectivity index (χ0v) is 13.1. The second-order valence-corrected chi connectivity index (χ2v) is 5.94. The quantitative estimate of drug-likeness (QED) is 0.463. The molecule has 0 aliphatic carbocycles. The summed E-state index contributed by atoms with van der Waals surface area (Å²) in [7, 11) is 0. The molecular formula is C15H11BrClF3. The van der Waals surface area contributed by atoms with Crippen molar-refractivity contribution < 1.29 is 13.2 Å². The van der Waals surface area contributed by atoms with E-state index < -0.39 is 16.5 Å². The summed E-state index contributed by atoms with van der Waals surface area (Å²) in [6.07, 6.45) is 0. The van der Waals surface area contributed by atoms with E-state index in [-0.39, 0.29) is 16.4 Å². The van der Waals surface area contributed by atoms with Crippen LogP contribution < -0.4 is 0 Å². The molecule has 0 amide bonds. The summed E-state index contributed by atoms with van der Waals surface area (Å²) in [6.45, 7) is 3.26. The Morgan fingerprint density at radius 1 is 0.950 bits per heavy atom. The van der Waals surface area contributed by atoms with Crippen molar-refractivity contribution in [2.24, 2.45) is 0 Å². The molecule has 0 spiro atoms. The molecule has 1 atom stereocenters. The molecule has 0 fully saturated rings. The van der Waals surface area contributed by atoms with Gasteiger partial charge in [0.15, 0.2) is 0 Å². The van der Waals surface area contributed by atoms with Gasteiger partial charge in [0.1, 0.15) is 17.5 Å². The molecule has 0 aromatic heterocycles. The second-order valence-electron chi connectivity index (χ2n) is 4.62. The van der Waals surface area contributed by atoms with Gasteiger partial charge in [-0.15, -0.1) is 0 Å². The van der Waals surface area contributed by atoms with Gasteiger partial charge in [-0.05, 0) is 42.7 Å². The molecule has 2 aromatic rings. The summed E-state index contributed by atoms with van der Waals surface area (Å²) in [5.41, 5.74) is 1.69. The third-order valence-corrected chi connectivity index (χ3v) is 4.38. The molecule has 5 heteroatoms. The predicted molar refractivity (Wildman–Crippen MR) is 78.0 cm³/mol. The summed E-state index contributed by atoms with van der Waals surface area (Å²) >= 11 is 8.85. The van der Waals surface area contributed by atoms with Gasteiger partial charge in [-0.1, -0.05) is 39.7 Å². The summed E-state index contributed by atoms with van der Waals surface area (Å²) < 4.78 is 41.0. The summed E-state index contributed by atoms with van der Waals surface area (Å²) in [4.78, 5) is -0.577. The van der Waals surface area contributed by atoms with Crippen LogP contribution in [0, 0.1) is 31.3 Å². The minimum Gasteiger partial charge on any atom is -0.207 e. The summed E-state index contributed by atoms with van der Waals surface area (Å²) in [5, 5.41) is -0.266. The van der Waals surface area contributed by atoms with E-state index in [4.69, 9.17) is 11.6 Å². The van der Waals surface area contributed by atoms with E-state index in [9.17, 15) is 13.2 Å². The highest BCUT2D eigenvalue weighted by Gasteiger charge is 2.19. The van der Waals surface area contributed by atoms with Gasteiger partial charge in [0, 0.05) is 5.56 Å². The standard InChI is InChI=1S/C15H11BrClF3/c1-7-3-9(4-8(2)15(7)20)14(16)10-5-13(19)11(17)6-12(10)18/h3-6,14H,1-2H3. The average Bonchev–Trinajstić information content (AvgIpc) is 2.38. The van der Waals surface area contributed by atoms with Gasteiger partial charge in [-0.2, -0.15) is 0 Å². The van der Waals surface area contributed by atoms with E-state index in [1.165, 1.54) is 0 Å². The SMILES string of the molecule is Cc1cc(C(Br)c2cc(F)c(Cl)cc2F)cc(C)c1F. The van der Waals surface area contributed by atoms with Crippen LogP contribution in [0.1, 0.15) is 27.1 Å². The van der Waals surface area contributed by atoms with E-state index in [0.717, 1.165) is 12.1 Å². The molecule has 20 heavy (non-hydrogen) atoms. The van der Waals surface area contributed by atoms with Gasteiger partial charge in [-0.25, -0.2) is 13.2 Å². The van der Waals surface area contributed by atoms with Crippen LogP contribution in [0.15, 0.2) is 24.3 Å². The van der Waals surface area contributed by atoms with Crippen molar-refractivity contribution in [3.63, 3.8) is 0 Å². The molecular weight excluding hydrogens is 353 g/mol. The van der Waals surface area contributed by atoms with Crippen molar-refractivity contribution in [2.75, 3.05) is 0 Å². The van der Waals surface area contributed by atoms with E-state index in [0.29, 0.717) is 16.7 Å². The lowest BCUT2D eigenvalue weighted by atomic mass is 9.99. The Morgan fingerprint density at radius 3 is 2.05 bits per heavy atom. The molecule has 0 aliphatic rings. The van der Waals surface area contributed by atoms with Crippen molar-refractivity contribution in [3.05, 3.63) is 69.0 Å². The Bertz CT molecular complexity index is 647. The fourth-order valence-electron chi connectivity index (χ4n) is 2.04. The Kier molecular flexibility index (Phi) is 4.45. The molecule has 0 nitrogen and oxygen atoms in total. The van der Waals surface area contributed by atoms with Gasteiger partial charge in [0.05, 0.1) is 9.85 Å². The fraction of sp³-hybridized carbons (Fsp3) is 0.200. The minimum absolute atomic E-state index is 0.123. The van der Waals surface area contributed by atoms with Gasteiger partial charge < -0.3 is 0 Å². The lowest BCUT2D eigenvalue weighted by molar-refractivity contribution is 0.588. The van der Waals surface area contributed by atoms with E-state index in [1.54, 1.807) is 26.0 Å². The topological polar surface area (TPSA) is 0 Å². The highest BCUT2D eigenvalue weighted by atomic mass is 79.9. The number of halogens is 5. The maximum atomic E-state index is 13.9. The third-order valence-electron chi connectivity index (χ3n) is 3.06. The normalized spacial score (nSPS) is 12.6. The summed E-state index contributed by atoms with van der Waals surface area (Å²) in [5.74, 6) is -1.60. The molecule has 0 radical (unpaired) electrons. The highest BCUT2D eigenvalue weighted by Crippen LogP contribution is 2.35. The largest absolute Gasteiger partial charge is 0.207 e. The molecule has 0 N–H and O–H groups in total. The average molecular weight is 364 g/mol. The van der Waals surface area contributed by atoms with Gasteiger partial charge in [-0.3, -0.25) is 0 Å². The predicted octanol–water partition coefficient (Wildman–Crippen LogP) is 5.86. The van der Waals surface area contributed by atoms with Crippen LogP contribution >= 0.6 is 27.5 Å². The number of aryl methyl sites for hydroxylation is 2. The summed E-state index contributed by atoms with van der Waals surface area (Å²) in [6, 6.07) is 5.19. The van der Waals surface area contributed by atoms with Crippen LogP contribution in [-0.4, -0.2) is 0 Å². The van der Waals surface area contributed by atoms with Gasteiger partial charge in [0.25, 0.3) is 0 Å². The fourth-order valence-corrected chi connectivity index (χ4v) is 2.80. The molecule has 106 valence electrons. The second kappa shape index (κ2) is 5.78. The van der Waals surface area contributed by atoms with Crippen molar-refractivity contribution in [1.29, 1.82) is 0 Å². The first-order valence-electron chi connectivity index (χ1n) is 5.86. The molecule has 0 bridgehead atoms. The zero-order valence-electron chi connectivity index (χ0n) is 10.8. The van der Waals surface area contributed by atoms with Crippen molar-refractivity contribution in [3.8, 4) is 0 Å². The van der Waals surface area contributed by atoms with Crippen molar-refractivity contribution >= 4 is 27.5 Å². The monoisotopic (exact) mass is 362 g/mol. The van der Waals surface area contributed by atoms with Crippen molar-refractivity contribution in [1.82, 2.24) is 0 Å². The number of hydrogen-bond acceptors (Lipinski definition) is 0. The van der Waals surface area contributed by atoms with Gasteiger partial charge in [0.2, 0.25) is 0 Å². The number of rotatable bonds is 2. The minimum atomic E-state index is -0.692. The third kappa shape index (κ3) is 2.86. The molecule has 0 saturated carbocycles. The van der Waals surface area contributed by atoms with Gasteiger partial charge >= 0.3 is 0 Å². The Morgan fingerprint density at radius 2 is 1.50 bits per heavy atom. The Labute approximate surface area is 128 Å². The van der Waals surface area contributed by atoms with E-state index >= 15 is 0 Å². The Hall–Kier alpha value is -1.00. The van der Waals surface area contributed by atoms with Crippen LogP contribution in [0.3, 0.4) is 0 Å². The van der Waals surface area contributed by atoms with E-state index in [1.807, 2.05) is 0 Å². The van der Waals surface area contributed by atoms with Crippen LogP contribution in [0.5, 0.6) is 0 Å². The number of benzene rings is 2. The maximum Gasteiger partial charge on any atom is 0.142 e. The first-order chi connectivity index (χ1) is 9.31. The lowest BCUT2D eigenvalue weighted by Crippen LogP contribution is -2.01. The maximum absolute atomic E-state index is 13.9. The first kappa shape index (κ1) is 15.4. The lowest BCUT2D eigenvalue weighted by Gasteiger charge is -2.15. The van der Waals surface area contributed by atoms with Crippen LogP contribution in [0.4, 0.5) is 13.2 Å². The molecule has 0 heterocycles. The molecule has 0 aliphatic heterocycles. The Balaban J connectivity index is 2.51. The molecule has 1 unspecified atom stereocenters. The number of alkyl halides is 1. The molecule has 2 rings (SSSR count).